The summed E-state index contributed by atoms with van der Waals surface area (Å²) in [6.07, 6.45) is 1.60. The molecule has 0 aliphatic rings. The van der Waals surface area contributed by atoms with Crippen LogP contribution in [0.15, 0.2) is 114 Å². The molecular weight excluding hydrogens is 536 g/mol. The second kappa shape index (κ2) is 14.5. The number of rotatable bonds is 12. The number of benzene rings is 4. The molecule has 41 heavy (non-hydrogen) atoms. The van der Waals surface area contributed by atoms with Gasteiger partial charge in [0, 0.05) is 21.7 Å². The van der Waals surface area contributed by atoms with Gasteiger partial charge in [-0.05, 0) is 91.4 Å². The molecule has 0 spiro atoms. The van der Waals surface area contributed by atoms with Gasteiger partial charge in [0.2, 0.25) is 0 Å². The van der Waals surface area contributed by atoms with Crippen molar-refractivity contribution in [3.05, 3.63) is 126 Å². The molecule has 0 radical (unpaired) electrons. The minimum Gasteiger partial charge on any atom is -0.497 e. The number of thioether (sulfide) groups is 1. The molecule has 4 aromatic rings. The fraction of sp³-hybridized carbons (Fsp3) is 0.121. The van der Waals surface area contributed by atoms with E-state index in [1.165, 1.54) is 11.8 Å². The van der Waals surface area contributed by atoms with Crippen LogP contribution in [-0.4, -0.2) is 37.1 Å². The molecule has 8 heteroatoms. The van der Waals surface area contributed by atoms with Gasteiger partial charge in [-0.15, -0.1) is 11.8 Å². The van der Waals surface area contributed by atoms with Crippen LogP contribution in [0, 0.1) is 0 Å². The van der Waals surface area contributed by atoms with Crippen LogP contribution in [0.3, 0.4) is 0 Å². The number of carbonyl (C=O) groups is 3. The van der Waals surface area contributed by atoms with E-state index >= 15 is 0 Å². The van der Waals surface area contributed by atoms with Gasteiger partial charge in [0.15, 0.2) is 5.78 Å². The van der Waals surface area contributed by atoms with Crippen molar-refractivity contribution in [2.45, 2.75) is 11.8 Å². The van der Waals surface area contributed by atoms with Crippen molar-refractivity contribution >= 4 is 41.1 Å². The Kier molecular flexibility index (Phi) is 10.3. The molecule has 0 aliphatic heterocycles. The van der Waals surface area contributed by atoms with Crippen LogP contribution in [0.5, 0.6) is 11.5 Å². The van der Waals surface area contributed by atoms with Crippen LogP contribution in [0.25, 0.3) is 6.08 Å². The Morgan fingerprint density at radius 1 is 0.780 bits per heavy atom. The third-order valence-electron chi connectivity index (χ3n) is 5.93. The van der Waals surface area contributed by atoms with E-state index in [9.17, 15) is 14.4 Å². The van der Waals surface area contributed by atoms with Gasteiger partial charge in [-0.25, -0.2) is 0 Å². The highest BCUT2D eigenvalue weighted by atomic mass is 32.2. The molecule has 0 atom stereocenters. The Morgan fingerprint density at radius 3 is 2.07 bits per heavy atom. The van der Waals surface area contributed by atoms with Crippen LogP contribution in [0.2, 0.25) is 0 Å². The summed E-state index contributed by atoms with van der Waals surface area (Å²) in [5, 5.41) is 5.57. The predicted molar refractivity (Wildman–Crippen MR) is 163 cm³/mol. The van der Waals surface area contributed by atoms with Gasteiger partial charge in [-0.3, -0.25) is 14.4 Å². The van der Waals surface area contributed by atoms with E-state index in [4.69, 9.17) is 9.47 Å². The molecule has 0 aliphatic carbocycles. The lowest BCUT2D eigenvalue weighted by Gasteiger charge is -2.12. The van der Waals surface area contributed by atoms with E-state index in [1.807, 2.05) is 25.1 Å². The van der Waals surface area contributed by atoms with E-state index in [-0.39, 0.29) is 17.2 Å². The summed E-state index contributed by atoms with van der Waals surface area (Å²) in [7, 11) is 1.58. The van der Waals surface area contributed by atoms with Crippen molar-refractivity contribution < 1.29 is 23.9 Å². The number of carbonyl (C=O) groups excluding carboxylic acids is 3. The Bertz CT molecular complexity index is 1500. The Hall–Kier alpha value is -4.82. The molecule has 0 saturated heterocycles. The fourth-order valence-corrected chi connectivity index (χ4v) is 4.57. The van der Waals surface area contributed by atoms with Crippen molar-refractivity contribution in [1.82, 2.24) is 5.32 Å². The third kappa shape index (κ3) is 8.58. The average Bonchev–Trinajstić information content (AvgIpc) is 3.01. The standard InChI is InChI=1S/C33H30N2O5S/c1-3-40-28-17-11-24(12-18-28)31(36)22-41-29-19-13-26(14-20-29)34-33(38)30(21-23-9-15-27(39-2)16-10-23)35-32(37)25-7-5-4-6-8-25/h4-21H,3,22H2,1-2H3,(H,34,38)(H,35,37)/b30-21-. The monoisotopic (exact) mass is 566 g/mol. The maximum Gasteiger partial charge on any atom is 0.272 e. The number of ether oxygens (including phenoxy) is 2. The average molecular weight is 567 g/mol. The van der Waals surface area contributed by atoms with Crippen molar-refractivity contribution in [3.63, 3.8) is 0 Å². The summed E-state index contributed by atoms with van der Waals surface area (Å²) in [5.74, 6) is 0.829. The molecule has 4 aromatic carbocycles. The van der Waals surface area contributed by atoms with Crippen LogP contribution >= 0.6 is 11.8 Å². The number of Topliss-reactive ketones (excluding diaryl/α,β-unsaturated/α-hetero) is 1. The first-order chi connectivity index (χ1) is 19.9. The Balaban J connectivity index is 1.41. The van der Waals surface area contributed by atoms with Gasteiger partial charge in [0.1, 0.15) is 17.2 Å². The zero-order valence-corrected chi connectivity index (χ0v) is 23.6. The maximum absolute atomic E-state index is 13.3. The summed E-state index contributed by atoms with van der Waals surface area (Å²) in [5.41, 5.74) is 2.41. The van der Waals surface area contributed by atoms with Gasteiger partial charge in [0.05, 0.1) is 19.5 Å². The normalized spacial score (nSPS) is 10.9. The van der Waals surface area contributed by atoms with Crippen LogP contribution < -0.4 is 20.1 Å². The first-order valence-corrected chi connectivity index (χ1v) is 14.0. The number of nitrogens with one attached hydrogen (secondary N) is 2. The number of hydrogen-bond donors (Lipinski definition) is 2. The summed E-state index contributed by atoms with van der Waals surface area (Å²) in [6.45, 7) is 2.48. The highest BCUT2D eigenvalue weighted by Gasteiger charge is 2.15. The van der Waals surface area contributed by atoms with E-state index in [1.54, 1.807) is 98.1 Å². The number of amides is 2. The quantitative estimate of drug-likeness (QED) is 0.116. The lowest BCUT2D eigenvalue weighted by Crippen LogP contribution is -2.30. The molecule has 0 unspecified atom stereocenters. The molecule has 2 amide bonds. The minimum atomic E-state index is -0.476. The number of methoxy groups -OCH3 is 1. The number of anilines is 1. The molecule has 208 valence electrons. The molecule has 7 nitrogen and oxygen atoms in total. The summed E-state index contributed by atoms with van der Waals surface area (Å²) < 4.78 is 10.6. The Labute approximate surface area is 243 Å². The van der Waals surface area contributed by atoms with Crippen LogP contribution in [0.1, 0.15) is 33.2 Å². The minimum absolute atomic E-state index is 0.0119. The van der Waals surface area contributed by atoms with E-state index < -0.39 is 11.8 Å². The van der Waals surface area contributed by atoms with E-state index in [0.717, 1.165) is 10.6 Å². The van der Waals surface area contributed by atoms with E-state index in [2.05, 4.69) is 10.6 Å². The molecule has 0 saturated carbocycles. The number of ketones is 1. The van der Waals surface area contributed by atoms with Crippen molar-refractivity contribution in [2.75, 3.05) is 24.8 Å². The molecule has 0 heterocycles. The van der Waals surface area contributed by atoms with Crippen molar-refractivity contribution in [2.24, 2.45) is 0 Å². The molecular formula is C33H30N2O5S. The van der Waals surface area contributed by atoms with Gasteiger partial charge >= 0.3 is 0 Å². The second-order valence-corrected chi connectivity index (χ2v) is 9.85. The molecule has 0 fully saturated rings. The summed E-state index contributed by atoms with van der Waals surface area (Å²) in [4.78, 5) is 39.6. The number of hydrogen-bond acceptors (Lipinski definition) is 6. The Morgan fingerprint density at radius 2 is 1.44 bits per heavy atom. The van der Waals surface area contributed by atoms with Gasteiger partial charge in [0.25, 0.3) is 11.8 Å². The van der Waals surface area contributed by atoms with Gasteiger partial charge < -0.3 is 20.1 Å². The topological polar surface area (TPSA) is 93.7 Å². The third-order valence-corrected chi connectivity index (χ3v) is 6.94. The summed E-state index contributed by atoms with van der Waals surface area (Å²) >= 11 is 1.41. The highest BCUT2D eigenvalue weighted by molar-refractivity contribution is 8.00. The first kappa shape index (κ1) is 29.2. The molecule has 0 bridgehead atoms. The molecule has 4 rings (SSSR count). The van der Waals surface area contributed by atoms with Crippen LogP contribution in [-0.2, 0) is 4.79 Å². The van der Waals surface area contributed by atoms with Crippen LogP contribution in [0.4, 0.5) is 5.69 Å². The van der Waals surface area contributed by atoms with Gasteiger partial charge in [-0.1, -0.05) is 30.3 Å². The first-order valence-electron chi connectivity index (χ1n) is 13.0. The molecule has 2 N–H and O–H groups in total. The lowest BCUT2D eigenvalue weighted by molar-refractivity contribution is -0.113. The lowest BCUT2D eigenvalue weighted by atomic mass is 10.1. The predicted octanol–water partition coefficient (Wildman–Crippen LogP) is 6.48. The summed E-state index contributed by atoms with van der Waals surface area (Å²) in [6, 6.07) is 30.1. The maximum atomic E-state index is 13.3. The second-order valence-electron chi connectivity index (χ2n) is 8.80. The van der Waals surface area contributed by atoms with Crippen molar-refractivity contribution in [1.29, 1.82) is 0 Å². The smallest absolute Gasteiger partial charge is 0.272 e. The fourth-order valence-electron chi connectivity index (χ4n) is 3.78. The van der Waals surface area contributed by atoms with Gasteiger partial charge in [-0.2, -0.15) is 0 Å². The van der Waals surface area contributed by atoms with Crippen molar-refractivity contribution in [3.8, 4) is 11.5 Å². The van der Waals surface area contributed by atoms with E-state index in [0.29, 0.717) is 34.7 Å². The zero-order valence-electron chi connectivity index (χ0n) is 22.8. The highest BCUT2D eigenvalue weighted by Crippen LogP contribution is 2.23. The SMILES string of the molecule is CCOc1ccc(C(=O)CSc2ccc(NC(=O)/C(=C/c3ccc(OC)cc3)NC(=O)c3ccccc3)cc2)cc1. The zero-order chi connectivity index (χ0) is 29.0. The largest absolute Gasteiger partial charge is 0.497 e. The molecule has 0 aromatic heterocycles.